The minimum atomic E-state index is -0.236. The number of carbonyl (C=O) groups is 2. The molecule has 17 heavy (non-hydrogen) atoms. The van der Waals surface area contributed by atoms with E-state index in [-0.39, 0.29) is 11.8 Å². The summed E-state index contributed by atoms with van der Waals surface area (Å²) >= 11 is 3.25. The zero-order valence-corrected chi connectivity index (χ0v) is 10.5. The SMILES string of the molecule is N#Cc1cc(Br)ccc1N1C(=O)CCCC1=O. The van der Waals surface area contributed by atoms with Gasteiger partial charge in [0, 0.05) is 17.3 Å². The number of imide groups is 1. The van der Waals surface area contributed by atoms with Gasteiger partial charge in [0.2, 0.25) is 11.8 Å². The van der Waals surface area contributed by atoms with Crippen LogP contribution in [0.2, 0.25) is 0 Å². The van der Waals surface area contributed by atoms with Crippen LogP contribution in [0.1, 0.15) is 24.8 Å². The number of benzene rings is 1. The maximum absolute atomic E-state index is 11.7. The highest BCUT2D eigenvalue weighted by Gasteiger charge is 2.29. The van der Waals surface area contributed by atoms with Gasteiger partial charge in [0.25, 0.3) is 0 Å². The standard InChI is InChI=1S/C12H9BrN2O2/c13-9-4-5-10(8(6-9)7-14)15-11(16)2-1-3-12(15)17/h4-6H,1-3H2. The molecular weight excluding hydrogens is 284 g/mol. The summed E-state index contributed by atoms with van der Waals surface area (Å²) in [4.78, 5) is 24.6. The first kappa shape index (κ1) is 11.8. The lowest BCUT2D eigenvalue weighted by molar-refractivity contribution is -0.129. The van der Waals surface area contributed by atoms with E-state index < -0.39 is 0 Å². The first-order chi connectivity index (χ1) is 8.13. The zero-order valence-electron chi connectivity index (χ0n) is 8.94. The number of amides is 2. The van der Waals surface area contributed by atoms with Crippen LogP contribution in [-0.4, -0.2) is 11.8 Å². The Labute approximate surface area is 107 Å². The molecule has 0 N–H and O–H groups in total. The molecule has 0 bridgehead atoms. The first-order valence-electron chi connectivity index (χ1n) is 5.19. The maximum atomic E-state index is 11.7. The van der Waals surface area contributed by atoms with E-state index in [1.165, 1.54) is 0 Å². The minimum Gasteiger partial charge on any atom is -0.274 e. The number of anilines is 1. The van der Waals surface area contributed by atoms with Gasteiger partial charge in [-0.3, -0.25) is 9.59 Å². The van der Waals surface area contributed by atoms with Crippen molar-refractivity contribution >= 4 is 33.4 Å². The van der Waals surface area contributed by atoms with Crippen molar-refractivity contribution in [2.75, 3.05) is 4.90 Å². The fraction of sp³-hybridized carbons (Fsp3) is 0.250. The topological polar surface area (TPSA) is 61.2 Å². The largest absolute Gasteiger partial charge is 0.274 e. The molecule has 0 atom stereocenters. The summed E-state index contributed by atoms with van der Waals surface area (Å²) in [6.07, 6.45) is 1.30. The van der Waals surface area contributed by atoms with Crippen LogP contribution in [0.25, 0.3) is 0 Å². The van der Waals surface area contributed by atoms with Gasteiger partial charge in [-0.15, -0.1) is 0 Å². The van der Waals surface area contributed by atoms with Crippen molar-refractivity contribution in [3.05, 3.63) is 28.2 Å². The van der Waals surface area contributed by atoms with Crippen LogP contribution in [0, 0.1) is 11.3 Å². The Morgan fingerprint density at radius 1 is 1.24 bits per heavy atom. The highest BCUT2D eigenvalue weighted by molar-refractivity contribution is 9.10. The lowest BCUT2D eigenvalue weighted by Gasteiger charge is -2.25. The number of carbonyl (C=O) groups excluding carboxylic acids is 2. The fourth-order valence-electron chi connectivity index (χ4n) is 1.82. The molecule has 4 nitrogen and oxygen atoms in total. The van der Waals surface area contributed by atoms with Gasteiger partial charge in [-0.05, 0) is 24.6 Å². The molecule has 2 rings (SSSR count). The molecule has 86 valence electrons. The van der Waals surface area contributed by atoms with E-state index >= 15 is 0 Å². The fourth-order valence-corrected chi connectivity index (χ4v) is 2.18. The predicted octanol–water partition coefficient (Wildman–Crippen LogP) is 2.36. The van der Waals surface area contributed by atoms with E-state index in [0.717, 1.165) is 9.37 Å². The van der Waals surface area contributed by atoms with Gasteiger partial charge in [0.05, 0.1) is 11.3 Å². The van der Waals surface area contributed by atoms with Gasteiger partial charge >= 0.3 is 0 Å². The molecule has 0 aliphatic carbocycles. The van der Waals surface area contributed by atoms with Gasteiger partial charge in [0.1, 0.15) is 6.07 Å². The third kappa shape index (κ3) is 2.22. The molecule has 0 aromatic heterocycles. The number of hydrogen-bond acceptors (Lipinski definition) is 3. The number of rotatable bonds is 1. The van der Waals surface area contributed by atoms with Gasteiger partial charge in [-0.2, -0.15) is 5.26 Å². The number of hydrogen-bond donors (Lipinski definition) is 0. The summed E-state index contributed by atoms with van der Waals surface area (Å²) in [5, 5.41) is 9.03. The predicted molar refractivity (Wildman–Crippen MR) is 65.2 cm³/mol. The maximum Gasteiger partial charge on any atom is 0.233 e. The van der Waals surface area contributed by atoms with Crippen molar-refractivity contribution in [3.8, 4) is 6.07 Å². The molecule has 1 aliphatic heterocycles. The van der Waals surface area contributed by atoms with Crippen LogP contribution in [-0.2, 0) is 9.59 Å². The minimum absolute atomic E-state index is 0.236. The molecule has 1 aliphatic rings. The molecule has 0 saturated carbocycles. The highest BCUT2D eigenvalue weighted by Crippen LogP contribution is 2.27. The second-order valence-corrected chi connectivity index (χ2v) is 4.67. The van der Waals surface area contributed by atoms with E-state index in [9.17, 15) is 9.59 Å². The quantitative estimate of drug-likeness (QED) is 0.747. The lowest BCUT2D eigenvalue weighted by atomic mass is 10.1. The molecule has 0 spiro atoms. The van der Waals surface area contributed by atoms with E-state index in [4.69, 9.17) is 5.26 Å². The van der Waals surface area contributed by atoms with Crippen LogP contribution in [0.5, 0.6) is 0 Å². The van der Waals surface area contributed by atoms with Gasteiger partial charge in [-0.1, -0.05) is 15.9 Å². The van der Waals surface area contributed by atoms with Crippen molar-refractivity contribution in [2.24, 2.45) is 0 Å². The van der Waals surface area contributed by atoms with Crippen LogP contribution in [0.3, 0.4) is 0 Å². The third-order valence-electron chi connectivity index (χ3n) is 2.60. The van der Waals surface area contributed by atoms with Crippen molar-refractivity contribution in [3.63, 3.8) is 0 Å². The van der Waals surface area contributed by atoms with E-state index in [1.807, 2.05) is 6.07 Å². The Balaban J connectivity index is 2.49. The Morgan fingerprint density at radius 2 is 1.88 bits per heavy atom. The molecule has 1 fully saturated rings. The second-order valence-electron chi connectivity index (χ2n) is 3.75. The van der Waals surface area contributed by atoms with Crippen LogP contribution < -0.4 is 4.90 Å². The molecule has 1 aromatic carbocycles. The molecular formula is C12H9BrN2O2. The molecule has 1 aromatic rings. The van der Waals surface area contributed by atoms with Gasteiger partial charge in [0.15, 0.2) is 0 Å². The molecule has 1 saturated heterocycles. The highest BCUT2D eigenvalue weighted by atomic mass is 79.9. The Hall–Kier alpha value is -1.67. The molecule has 2 amide bonds. The van der Waals surface area contributed by atoms with Crippen molar-refractivity contribution in [1.29, 1.82) is 5.26 Å². The van der Waals surface area contributed by atoms with Crippen LogP contribution in [0.4, 0.5) is 5.69 Å². The Kier molecular flexibility index (Phi) is 3.25. The number of piperidine rings is 1. The third-order valence-corrected chi connectivity index (χ3v) is 3.09. The summed E-state index contributed by atoms with van der Waals surface area (Å²) in [5.74, 6) is -0.472. The Morgan fingerprint density at radius 3 is 2.47 bits per heavy atom. The summed E-state index contributed by atoms with van der Waals surface area (Å²) in [6.45, 7) is 0. The van der Waals surface area contributed by atoms with Crippen LogP contribution >= 0.6 is 15.9 Å². The first-order valence-corrected chi connectivity index (χ1v) is 5.98. The van der Waals surface area contributed by atoms with E-state index in [0.29, 0.717) is 30.5 Å². The smallest absolute Gasteiger partial charge is 0.233 e. The number of halogens is 1. The van der Waals surface area contributed by atoms with E-state index in [1.54, 1.807) is 18.2 Å². The van der Waals surface area contributed by atoms with Crippen molar-refractivity contribution in [2.45, 2.75) is 19.3 Å². The summed E-state index contributed by atoms with van der Waals surface area (Å²) in [7, 11) is 0. The Bertz CT molecular complexity index is 518. The average Bonchev–Trinajstić information content (AvgIpc) is 2.30. The number of nitriles is 1. The van der Waals surface area contributed by atoms with E-state index in [2.05, 4.69) is 15.9 Å². The van der Waals surface area contributed by atoms with Crippen LogP contribution in [0.15, 0.2) is 22.7 Å². The molecule has 0 radical (unpaired) electrons. The summed E-state index contributed by atoms with van der Waals surface area (Å²) in [6, 6.07) is 6.93. The molecule has 0 unspecified atom stereocenters. The average molecular weight is 293 g/mol. The monoisotopic (exact) mass is 292 g/mol. The summed E-state index contributed by atoms with van der Waals surface area (Å²) < 4.78 is 0.745. The van der Waals surface area contributed by atoms with Crippen molar-refractivity contribution < 1.29 is 9.59 Å². The molecule has 5 heteroatoms. The van der Waals surface area contributed by atoms with Crippen molar-refractivity contribution in [1.82, 2.24) is 0 Å². The molecule has 1 heterocycles. The number of nitrogens with zero attached hydrogens (tertiary/aromatic N) is 2. The zero-order chi connectivity index (χ0) is 12.4. The van der Waals surface area contributed by atoms with Gasteiger partial charge in [-0.25, -0.2) is 4.90 Å². The lowest BCUT2D eigenvalue weighted by Crippen LogP contribution is -2.40. The second kappa shape index (κ2) is 4.68. The normalized spacial score (nSPS) is 15.9. The van der Waals surface area contributed by atoms with Gasteiger partial charge < -0.3 is 0 Å². The summed E-state index contributed by atoms with van der Waals surface area (Å²) in [5.41, 5.74) is 0.702.